The van der Waals surface area contributed by atoms with Crippen LogP contribution in [0.15, 0.2) is 60.2 Å². The van der Waals surface area contributed by atoms with E-state index in [0.29, 0.717) is 0 Å². The minimum absolute atomic E-state index is 0.897. The first-order valence-corrected chi connectivity index (χ1v) is 35.1. The van der Waals surface area contributed by atoms with Crippen LogP contribution in [0.5, 0.6) is 0 Å². The Bertz CT molecular complexity index is 1590. The minimum atomic E-state index is 0.897. The van der Waals surface area contributed by atoms with Gasteiger partial charge in [0.05, 0.1) is 0 Å². The van der Waals surface area contributed by atoms with Gasteiger partial charge in [-0.2, -0.15) is 0 Å². The third-order valence-electron chi connectivity index (χ3n) is 16.1. The summed E-state index contributed by atoms with van der Waals surface area (Å²) in [5.41, 5.74) is 19.3. The van der Waals surface area contributed by atoms with Crippen LogP contribution in [0.25, 0.3) is 16.9 Å². The van der Waals surface area contributed by atoms with Crippen LogP contribution >= 0.6 is 0 Å². The first kappa shape index (κ1) is 69.1. The average molecular weight is 1080 g/mol. The van der Waals surface area contributed by atoms with E-state index in [9.17, 15) is 5.53 Å². The van der Waals surface area contributed by atoms with E-state index in [2.05, 4.69) is 89.2 Å². The zero-order valence-corrected chi connectivity index (χ0v) is 52.0. The van der Waals surface area contributed by atoms with Gasteiger partial charge < -0.3 is 5.53 Å². The summed E-state index contributed by atoms with van der Waals surface area (Å²) < 4.78 is 1.43. The van der Waals surface area contributed by atoms with Crippen molar-refractivity contribution in [1.29, 1.82) is 0 Å². The maximum absolute atomic E-state index is 11.3. The van der Waals surface area contributed by atoms with E-state index in [1.165, 1.54) is 315 Å². The Balaban J connectivity index is 0.000000552. The maximum atomic E-state index is 11.3. The molecule has 2 aromatic carbocycles. The predicted octanol–water partition coefficient (Wildman–Crippen LogP) is 25.9. The molecule has 0 aromatic heterocycles. The Morgan fingerprint density at radius 1 is 0.320 bits per heavy atom. The Hall–Kier alpha value is -1.99. The van der Waals surface area contributed by atoms with Gasteiger partial charge in [0.25, 0.3) is 0 Å². The van der Waals surface area contributed by atoms with Gasteiger partial charge in [0, 0.05) is 22.8 Å². The van der Waals surface area contributed by atoms with Crippen molar-refractivity contribution in [2.24, 2.45) is 0 Å². The molecule has 0 spiro atoms. The second-order valence-electron chi connectivity index (χ2n) is 23.3. The Morgan fingerprint density at radius 2 is 0.600 bits per heavy atom. The topological polar surface area (TPSA) is 25.3 Å². The molecule has 1 aliphatic rings. The van der Waals surface area contributed by atoms with Gasteiger partial charge in [0.2, 0.25) is 11.4 Å². The molecule has 0 saturated heterocycles. The summed E-state index contributed by atoms with van der Waals surface area (Å²) in [4.78, 5) is 0. The quantitative estimate of drug-likeness (QED) is 0.0358. The summed E-state index contributed by atoms with van der Waals surface area (Å²) in [6.45, 7) is 11.3. The fourth-order valence-electron chi connectivity index (χ4n) is 11.0. The number of aryl methyl sites for hydroxylation is 2. The second kappa shape index (κ2) is 52.7. The molecule has 2 nitrogen and oxygen atoms in total. The number of nitrogens with zero attached hydrogens (tertiary/aromatic N) is 2. The Morgan fingerprint density at radius 3 is 0.933 bits per heavy atom. The van der Waals surface area contributed by atoms with Crippen molar-refractivity contribution >= 4 is 11.4 Å². The number of hydrogen-bond acceptors (Lipinski definition) is 0. The van der Waals surface area contributed by atoms with Crippen molar-refractivity contribution in [2.75, 3.05) is 0 Å². The molecule has 0 amide bonds. The third-order valence-corrected chi connectivity index (χ3v) is 17.5. The fourth-order valence-corrected chi connectivity index (χ4v) is 12.3. The molecule has 434 valence electrons. The normalized spacial score (nSPS) is 12.5. The van der Waals surface area contributed by atoms with Crippen molar-refractivity contribution < 1.29 is 19.1 Å². The first-order valence-electron chi connectivity index (χ1n) is 33.7. The van der Waals surface area contributed by atoms with E-state index in [-0.39, 0.29) is 0 Å². The summed E-state index contributed by atoms with van der Waals surface area (Å²) in [5.74, 6) is 0. The molecule has 1 aliphatic heterocycles. The van der Waals surface area contributed by atoms with Crippen molar-refractivity contribution in [3.05, 3.63) is 88.0 Å². The molecule has 0 radical (unpaired) electrons. The SMILES string of the molecule is CCCCC1=C(c2cccc(CCCC)c2)[N+](=[N-])C(c2cccc(CCCC)c2)=C1.CCCCCCCCCCCCCCCCCCCCC[CH2][Ni][CH2]CCCCCCCCCCCCCCCCCCCCC. The van der Waals surface area contributed by atoms with Gasteiger partial charge in [-0.25, -0.2) is 4.70 Å². The summed E-state index contributed by atoms with van der Waals surface area (Å²) in [6, 6.07) is 17.4. The van der Waals surface area contributed by atoms with Crippen molar-refractivity contribution in [3.63, 3.8) is 0 Å². The van der Waals surface area contributed by atoms with Crippen LogP contribution in [0.2, 0.25) is 10.8 Å². The molecule has 0 aliphatic carbocycles. The molecule has 0 fully saturated rings. The van der Waals surface area contributed by atoms with E-state index in [0.717, 1.165) is 54.6 Å². The summed E-state index contributed by atoms with van der Waals surface area (Å²) in [6.07, 6.45) is 71.6. The van der Waals surface area contributed by atoms with Crippen LogP contribution in [-0.2, 0) is 27.3 Å². The van der Waals surface area contributed by atoms with Gasteiger partial charge in [0.15, 0.2) is 0 Å². The summed E-state index contributed by atoms with van der Waals surface area (Å²) in [7, 11) is 0. The van der Waals surface area contributed by atoms with E-state index in [4.69, 9.17) is 0 Å². The van der Waals surface area contributed by atoms with Crippen LogP contribution in [0.3, 0.4) is 0 Å². The summed E-state index contributed by atoms with van der Waals surface area (Å²) in [5, 5.41) is 2.87. The predicted molar refractivity (Wildman–Crippen MR) is 334 cm³/mol. The molecule has 0 unspecified atom stereocenters. The standard InChI is InChI=1S/C28H36N2.2C22H45.Ni/c1-4-7-12-22-14-10-17-24(19-22)27-21-26(16-9-6-3)28(30(27)29)25-18-11-15-23(20-25)13-8-5-2;2*1-3-5-7-9-11-13-15-17-19-21-22-20-18-16-14-12-10-8-6-4-2;/h10-11,14-15,17-21H,4-9,12-13,16H2,1-3H3;2*1,3-22H2,2H3;. The van der Waals surface area contributed by atoms with Crippen molar-refractivity contribution in [1.82, 2.24) is 0 Å². The van der Waals surface area contributed by atoms with Gasteiger partial charge in [0.1, 0.15) is 0 Å². The molecule has 3 heteroatoms. The van der Waals surface area contributed by atoms with Crippen LogP contribution in [0.1, 0.15) is 359 Å². The van der Waals surface area contributed by atoms with Gasteiger partial charge in [-0.15, -0.1) is 0 Å². The number of unbranched alkanes of at least 4 members (excludes halogenated alkanes) is 41. The van der Waals surface area contributed by atoms with Crippen LogP contribution in [0, 0.1) is 0 Å². The van der Waals surface area contributed by atoms with E-state index in [1.54, 1.807) is 0 Å². The Labute approximate surface area is 475 Å². The van der Waals surface area contributed by atoms with Gasteiger partial charge in [-0.05, 0) is 73.9 Å². The number of hydrogen-bond donors (Lipinski definition) is 0. The third kappa shape index (κ3) is 38.3. The summed E-state index contributed by atoms with van der Waals surface area (Å²) >= 11 is 2.05. The number of rotatable bonds is 53. The van der Waals surface area contributed by atoms with E-state index in [1.807, 2.05) is 14.4 Å². The van der Waals surface area contributed by atoms with E-state index >= 15 is 0 Å². The Kier molecular flexibility index (Phi) is 48.6. The molecule has 75 heavy (non-hydrogen) atoms. The number of allylic oxidation sites excluding steroid dienone is 2. The molecular formula is C72H126N2Ni. The zero-order chi connectivity index (χ0) is 53.8. The smallest absolute Gasteiger partial charge is 0.0654 e. The van der Waals surface area contributed by atoms with Crippen molar-refractivity contribution in [2.45, 2.75) is 360 Å². The van der Waals surface area contributed by atoms with Crippen LogP contribution < -0.4 is 0 Å². The van der Waals surface area contributed by atoms with E-state index < -0.39 is 0 Å². The molecule has 0 atom stereocenters. The molecule has 2 aromatic rings. The van der Waals surface area contributed by atoms with Crippen molar-refractivity contribution in [3.8, 4) is 0 Å². The molecule has 0 bridgehead atoms. The average Bonchev–Trinajstić information content (AvgIpc) is 3.77. The molecule has 0 saturated carbocycles. The molecule has 3 rings (SSSR count). The fraction of sp³-hybridized carbons (Fsp3) is 0.778. The van der Waals surface area contributed by atoms with Gasteiger partial charge in [-0.1, -0.05) is 194 Å². The monoisotopic (exact) mass is 1080 g/mol. The van der Waals surface area contributed by atoms with Gasteiger partial charge in [-0.3, -0.25) is 0 Å². The molecule has 1 heterocycles. The van der Waals surface area contributed by atoms with Crippen LogP contribution in [-0.4, -0.2) is 4.70 Å². The molecule has 0 N–H and O–H groups in total. The van der Waals surface area contributed by atoms with Crippen LogP contribution in [0.4, 0.5) is 0 Å². The van der Waals surface area contributed by atoms with Gasteiger partial charge >= 0.3 is 166 Å². The second-order valence-corrected chi connectivity index (χ2v) is 24.8. The molecular weight excluding hydrogens is 951 g/mol. The zero-order valence-electron chi connectivity index (χ0n) is 51.0. The first-order chi connectivity index (χ1) is 37.1. The number of benzene rings is 2. The minimum Gasteiger partial charge on any atom is -0.0654 e.